The van der Waals surface area contributed by atoms with Crippen LogP contribution in [0.4, 0.5) is 18.9 Å². The second-order valence-electron chi connectivity index (χ2n) is 7.10. The first-order chi connectivity index (χ1) is 11.0. The number of alkyl halides is 3. The molecule has 0 heterocycles. The molecule has 4 nitrogen and oxygen atoms in total. The second-order valence-corrected chi connectivity index (χ2v) is 7.10. The van der Waals surface area contributed by atoms with E-state index in [1.807, 2.05) is 13.8 Å². The van der Waals surface area contributed by atoms with Crippen molar-refractivity contribution >= 4 is 17.4 Å². The summed E-state index contributed by atoms with van der Waals surface area (Å²) < 4.78 is 40.2. The number of Topliss-reactive ketones (excluding diaryl/α,β-unsaturated/α-hetero) is 1. The molecule has 2 aliphatic rings. The van der Waals surface area contributed by atoms with Crippen molar-refractivity contribution in [1.82, 2.24) is 0 Å². The van der Waals surface area contributed by atoms with Gasteiger partial charge in [-0.3, -0.25) is 9.59 Å². The van der Waals surface area contributed by atoms with Gasteiger partial charge in [0.25, 0.3) is 0 Å². The molecular weight excluding hydrogens is 323 g/mol. The molecule has 1 N–H and O–H groups in total. The Kier molecular flexibility index (Phi) is 3.66. The summed E-state index contributed by atoms with van der Waals surface area (Å²) in [6, 6.07) is 4.90. The van der Waals surface area contributed by atoms with Gasteiger partial charge in [-0.15, -0.1) is 13.2 Å². The zero-order chi connectivity index (χ0) is 17.8. The number of fused-ring (bicyclic) bond motifs is 2. The van der Waals surface area contributed by atoms with Crippen molar-refractivity contribution in [2.45, 2.75) is 39.5 Å². The molecule has 7 heteroatoms. The highest BCUT2D eigenvalue weighted by molar-refractivity contribution is 6.15. The average Bonchev–Trinajstić information content (AvgIpc) is 3.00. The van der Waals surface area contributed by atoms with E-state index in [4.69, 9.17) is 0 Å². The van der Waals surface area contributed by atoms with Gasteiger partial charge in [-0.1, -0.05) is 13.8 Å². The predicted octanol–water partition coefficient (Wildman–Crippen LogP) is 3.92. The third-order valence-corrected chi connectivity index (χ3v) is 5.34. The maximum Gasteiger partial charge on any atom is 0.573 e. The van der Waals surface area contributed by atoms with Crippen molar-refractivity contribution in [3.05, 3.63) is 24.3 Å². The van der Waals surface area contributed by atoms with Gasteiger partial charge < -0.3 is 10.1 Å². The average molecular weight is 341 g/mol. The van der Waals surface area contributed by atoms with Crippen molar-refractivity contribution in [3.8, 4) is 5.75 Å². The van der Waals surface area contributed by atoms with E-state index in [0.29, 0.717) is 18.5 Å². The topological polar surface area (TPSA) is 55.4 Å². The Bertz CT molecular complexity index is 681. The minimum atomic E-state index is -4.76. The van der Waals surface area contributed by atoms with Crippen LogP contribution in [0.3, 0.4) is 0 Å². The molecule has 2 unspecified atom stereocenters. The first-order valence-corrected chi connectivity index (χ1v) is 7.77. The van der Waals surface area contributed by atoms with Crippen LogP contribution in [-0.2, 0) is 9.59 Å². The highest BCUT2D eigenvalue weighted by Gasteiger charge is 2.64. The Labute approximate surface area is 137 Å². The fourth-order valence-electron chi connectivity index (χ4n) is 3.97. The summed E-state index contributed by atoms with van der Waals surface area (Å²) in [7, 11) is 0. The summed E-state index contributed by atoms with van der Waals surface area (Å²) in [6.45, 7) is 3.74. The monoisotopic (exact) mass is 341 g/mol. The Balaban J connectivity index is 1.73. The maximum absolute atomic E-state index is 12.7. The molecule has 2 aliphatic carbocycles. The number of hydrogen-bond acceptors (Lipinski definition) is 3. The van der Waals surface area contributed by atoms with Gasteiger partial charge in [0.1, 0.15) is 11.2 Å². The highest BCUT2D eigenvalue weighted by Crippen LogP contribution is 2.60. The maximum atomic E-state index is 12.7. The number of carbonyl (C=O) groups is 2. The number of ketones is 1. The molecule has 2 saturated carbocycles. The minimum Gasteiger partial charge on any atom is -0.406 e. The van der Waals surface area contributed by atoms with Gasteiger partial charge in [0, 0.05) is 11.1 Å². The van der Waals surface area contributed by atoms with Crippen LogP contribution >= 0.6 is 0 Å². The van der Waals surface area contributed by atoms with E-state index in [1.165, 1.54) is 12.1 Å². The number of benzene rings is 1. The van der Waals surface area contributed by atoms with Gasteiger partial charge in [0.05, 0.1) is 0 Å². The first kappa shape index (κ1) is 16.8. The van der Waals surface area contributed by atoms with Gasteiger partial charge >= 0.3 is 6.36 Å². The molecule has 1 aromatic carbocycles. The van der Waals surface area contributed by atoms with Crippen molar-refractivity contribution in [2.75, 3.05) is 5.32 Å². The Morgan fingerprint density at radius 1 is 1.25 bits per heavy atom. The fraction of sp³-hybridized carbons (Fsp3) is 0.529. The standard InChI is InChI=1S/C17H18F3NO3/c1-15(2)10-7-8-16(9-10,13(15)22)14(23)21-11-3-5-12(6-4-11)24-17(18,19)20/h3-6,10H,7-9H2,1-2H3,(H,21,23). The van der Waals surface area contributed by atoms with E-state index < -0.39 is 17.2 Å². The number of ether oxygens (including phenoxy) is 1. The van der Waals surface area contributed by atoms with Crippen LogP contribution in [0.1, 0.15) is 33.1 Å². The molecule has 0 aliphatic heterocycles. The number of halogens is 3. The molecule has 24 heavy (non-hydrogen) atoms. The molecule has 2 bridgehead atoms. The molecule has 3 rings (SSSR count). The van der Waals surface area contributed by atoms with Gasteiger partial charge in [-0.2, -0.15) is 0 Å². The molecule has 2 atom stereocenters. The Morgan fingerprint density at radius 2 is 1.88 bits per heavy atom. The quantitative estimate of drug-likeness (QED) is 0.848. The third-order valence-electron chi connectivity index (χ3n) is 5.34. The lowest BCUT2D eigenvalue weighted by Gasteiger charge is -2.32. The largest absolute Gasteiger partial charge is 0.573 e. The number of amides is 1. The smallest absolute Gasteiger partial charge is 0.406 e. The summed E-state index contributed by atoms with van der Waals surface area (Å²) in [4.78, 5) is 25.3. The summed E-state index contributed by atoms with van der Waals surface area (Å²) in [6.07, 6.45) is -2.85. The van der Waals surface area contributed by atoms with E-state index >= 15 is 0 Å². The number of hydrogen-bond donors (Lipinski definition) is 1. The van der Waals surface area contributed by atoms with Crippen LogP contribution < -0.4 is 10.1 Å². The van der Waals surface area contributed by atoms with Crippen LogP contribution in [0.15, 0.2) is 24.3 Å². The summed E-state index contributed by atoms with van der Waals surface area (Å²) in [5, 5.41) is 2.66. The summed E-state index contributed by atoms with van der Waals surface area (Å²) >= 11 is 0. The van der Waals surface area contributed by atoms with Gasteiger partial charge in [0.15, 0.2) is 5.78 Å². The lowest BCUT2D eigenvalue weighted by molar-refractivity contribution is -0.274. The number of anilines is 1. The molecule has 0 radical (unpaired) electrons. The molecule has 0 aromatic heterocycles. The first-order valence-electron chi connectivity index (χ1n) is 7.77. The van der Waals surface area contributed by atoms with E-state index in [1.54, 1.807) is 0 Å². The minimum absolute atomic E-state index is 0.0409. The van der Waals surface area contributed by atoms with Crippen molar-refractivity contribution in [3.63, 3.8) is 0 Å². The molecule has 2 fully saturated rings. The van der Waals surface area contributed by atoms with E-state index in [9.17, 15) is 22.8 Å². The Hall–Kier alpha value is -2.05. The number of nitrogens with one attached hydrogen (secondary N) is 1. The van der Waals surface area contributed by atoms with Crippen LogP contribution in [0.5, 0.6) is 5.75 Å². The van der Waals surface area contributed by atoms with Crippen LogP contribution in [0.25, 0.3) is 0 Å². The van der Waals surface area contributed by atoms with Crippen molar-refractivity contribution in [1.29, 1.82) is 0 Å². The number of carbonyl (C=O) groups excluding carboxylic acids is 2. The summed E-state index contributed by atoms with van der Waals surface area (Å²) in [5.41, 5.74) is -1.17. The zero-order valence-corrected chi connectivity index (χ0v) is 13.4. The third kappa shape index (κ3) is 2.65. The van der Waals surface area contributed by atoms with Crippen molar-refractivity contribution in [2.24, 2.45) is 16.7 Å². The predicted molar refractivity (Wildman–Crippen MR) is 80.3 cm³/mol. The van der Waals surface area contributed by atoms with Crippen LogP contribution in [-0.4, -0.2) is 18.1 Å². The molecule has 0 spiro atoms. The molecule has 1 aromatic rings. The molecule has 1 amide bonds. The van der Waals surface area contributed by atoms with E-state index in [0.717, 1.165) is 18.6 Å². The van der Waals surface area contributed by atoms with E-state index in [2.05, 4.69) is 10.1 Å². The van der Waals surface area contributed by atoms with Crippen LogP contribution in [0, 0.1) is 16.7 Å². The fourth-order valence-corrected chi connectivity index (χ4v) is 3.97. The van der Waals surface area contributed by atoms with E-state index in [-0.39, 0.29) is 23.4 Å². The van der Waals surface area contributed by atoms with Crippen LogP contribution in [0.2, 0.25) is 0 Å². The molecular formula is C17H18F3NO3. The highest BCUT2D eigenvalue weighted by atomic mass is 19.4. The lowest BCUT2D eigenvalue weighted by atomic mass is 9.70. The number of rotatable bonds is 3. The zero-order valence-electron chi connectivity index (χ0n) is 13.4. The lowest BCUT2D eigenvalue weighted by Crippen LogP contribution is -2.44. The molecule has 130 valence electrons. The SMILES string of the molecule is CC1(C)C(=O)C2(C(=O)Nc3ccc(OC(F)(F)F)cc3)CCC1C2. The van der Waals surface area contributed by atoms with Gasteiger partial charge in [-0.25, -0.2) is 0 Å². The Morgan fingerprint density at radius 3 is 2.38 bits per heavy atom. The summed E-state index contributed by atoms with van der Waals surface area (Å²) in [5.74, 6) is -0.568. The van der Waals surface area contributed by atoms with Gasteiger partial charge in [0.2, 0.25) is 5.91 Å². The van der Waals surface area contributed by atoms with Crippen molar-refractivity contribution < 1.29 is 27.5 Å². The molecule has 0 saturated heterocycles. The normalized spacial score (nSPS) is 28.0. The van der Waals surface area contributed by atoms with Gasteiger partial charge in [-0.05, 0) is 49.4 Å². The second kappa shape index (κ2) is 5.22.